The van der Waals surface area contributed by atoms with Crippen molar-refractivity contribution >= 4 is 39.2 Å². The van der Waals surface area contributed by atoms with Gasteiger partial charge in [-0.15, -0.1) is 0 Å². The quantitative estimate of drug-likeness (QED) is 0.124. The number of methoxy groups -OCH3 is 1. The second-order valence-electron chi connectivity index (χ2n) is 8.82. The molecule has 3 aromatic carbocycles. The van der Waals surface area contributed by atoms with Crippen LogP contribution in [0.4, 0.5) is 5.69 Å². The van der Waals surface area contributed by atoms with Crippen LogP contribution in [0.3, 0.4) is 0 Å². The first-order chi connectivity index (χ1) is 17.7. The fourth-order valence-corrected chi connectivity index (χ4v) is 4.54. The van der Waals surface area contributed by atoms with Crippen LogP contribution in [-0.4, -0.2) is 41.0 Å². The number of benzene rings is 3. The molecule has 0 spiro atoms. The van der Waals surface area contributed by atoms with E-state index in [0.29, 0.717) is 30.2 Å². The monoisotopic (exact) mass is 503 g/mol. The Balaban J connectivity index is 1.86. The lowest BCUT2D eigenvalue weighted by Gasteiger charge is -2.16. The van der Waals surface area contributed by atoms with E-state index in [9.17, 15) is 14.9 Å². The summed E-state index contributed by atoms with van der Waals surface area (Å²) in [5.41, 5.74) is 4.69. The lowest BCUT2D eigenvalue weighted by atomic mass is 9.96. The van der Waals surface area contributed by atoms with Crippen molar-refractivity contribution in [2.24, 2.45) is 5.16 Å². The first kappa shape index (κ1) is 25.8. The van der Waals surface area contributed by atoms with Gasteiger partial charge in [0.25, 0.3) is 5.69 Å². The van der Waals surface area contributed by atoms with Gasteiger partial charge in [-0.05, 0) is 62.7 Å². The van der Waals surface area contributed by atoms with Crippen molar-refractivity contribution in [2.75, 3.05) is 13.7 Å². The largest absolute Gasteiger partial charge is 0.488 e. The predicted octanol–water partition coefficient (Wildman–Crippen LogP) is 5.76. The van der Waals surface area contributed by atoms with E-state index in [0.717, 1.165) is 32.9 Å². The number of ether oxygens (including phenoxy) is 2. The summed E-state index contributed by atoms with van der Waals surface area (Å²) in [6, 6.07) is 16.3. The minimum atomic E-state index is -0.539. The second-order valence-corrected chi connectivity index (χ2v) is 8.82. The molecule has 4 aromatic rings. The maximum atomic E-state index is 11.6. The minimum Gasteiger partial charge on any atom is -0.488 e. The van der Waals surface area contributed by atoms with Gasteiger partial charge in [-0.25, -0.2) is 4.79 Å². The maximum Gasteiger partial charge on any atom is 0.332 e. The zero-order valence-electron chi connectivity index (χ0n) is 21.5. The van der Waals surface area contributed by atoms with Crippen LogP contribution in [0.5, 0.6) is 5.75 Å². The zero-order chi connectivity index (χ0) is 26.7. The number of non-ortho nitro benzene ring substituents is 1. The number of rotatable bonds is 9. The molecule has 0 bridgehead atoms. The molecule has 0 saturated carbocycles. The van der Waals surface area contributed by atoms with E-state index >= 15 is 0 Å². The second kappa shape index (κ2) is 10.8. The molecule has 9 heteroatoms. The van der Waals surface area contributed by atoms with E-state index in [1.807, 2.05) is 57.2 Å². The average Bonchev–Trinajstić information content (AvgIpc) is 3.17. The molecule has 0 saturated heterocycles. The molecule has 0 amide bonds. The summed E-state index contributed by atoms with van der Waals surface area (Å²) in [5, 5.41) is 17.3. The van der Waals surface area contributed by atoms with Crippen molar-refractivity contribution in [3.05, 3.63) is 81.4 Å². The van der Waals surface area contributed by atoms with Crippen molar-refractivity contribution in [1.82, 2.24) is 4.57 Å². The highest BCUT2D eigenvalue weighted by molar-refractivity contribution is 6.17. The number of oxime groups is 1. The number of carbonyl (C=O) groups is 1. The summed E-state index contributed by atoms with van der Waals surface area (Å²) < 4.78 is 13.2. The van der Waals surface area contributed by atoms with Gasteiger partial charge in [0.15, 0.2) is 0 Å². The van der Waals surface area contributed by atoms with Crippen LogP contribution in [0.1, 0.15) is 37.5 Å². The highest BCUT2D eigenvalue weighted by Gasteiger charge is 2.18. The molecule has 9 nitrogen and oxygen atoms in total. The van der Waals surface area contributed by atoms with E-state index in [1.54, 1.807) is 19.2 Å². The lowest BCUT2D eigenvalue weighted by molar-refractivity contribution is -0.384. The molecule has 0 aliphatic rings. The number of hydrogen-bond acceptors (Lipinski definition) is 7. The molecule has 1 aromatic heterocycles. The predicted molar refractivity (Wildman–Crippen MR) is 142 cm³/mol. The molecular weight excluding hydrogens is 474 g/mol. The van der Waals surface area contributed by atoms with Crippen LogP contribution in [-0.2, 0) is 20.9 Å². The molecule has 1 atom stereocenters. The third-order valence-corrected chi connectivity index (χ3v) is 6.11. The summed E-state index contributed by atoms with van der Waals surface area (Å²) in [7, 11) is 1.62. The Morgan fingerprint density at radius 1 is 1.08 bits per heavy atom. The molecule has 0 N–H and O–H groups in total. The first-order valence-electron chi connectivity index (χ1n) is 12.0. The van der Waals surface area contributed by atoms with Crippen molar-refractivity contribution < 1.29 is 24.0 Å². The summed E-state index contributed by atoms with van der Waals surface area (Å²) in [4.78, 5) is 27.8. The Hall–Kier alpha value is -4.24. The standard InChI is InChI=1S/C28H29N3O6/c1-6-30-26-11-7-20(14-24(26)25-15-21(31(33)34)8-12-27(25)30)28(29-37-19(4)32)23-10-9-22(13-17(23)2)36-18(3)16-35-5/h7-15,18H,6,16H2,1-5H3. The summed E-state index contributed by atoms with van der Waals surface area (Å²) >= 11 is 0. The molecule has 1 unspecified atom stereocenters. The van der Waals surface area contributed by atoms with Gasteiger partial charge in [0.2, 0.25) is 0 Å². The van der Waals surface area contributed by atoms with Crippen LogP contribution >= 0.6 is 0 Å². The van der Waals surface area contributed by atoms with Crippen molar-refractivity contribution in [3.63, 3.8) is 0 Å². The number of nitro benzene ring substituents is 1. The Kier molecular flexibility index (Phi) is 7.54. The van der Waals surface area contributed by atoms with Gasteiger partial charge in [0.1, 0.15) is 17.6 Å². The minimum absolute atomic E-state index is 0.0241. The lowest BCUT2D eigenvalue weighted by Crippen LogP contribution is -2.18. The molecule has 37 heavy (non-hydrogen) atoms. The third-order valence-electron chi connectivity index (χ3n) is 6.11. The van der Waals surface area contributed by atoms with Gasteiger partial charge in [-0.2, -0.15) is 0 Å². The Morgan fingerprint density at radius 3 is 2.41 bits per heavy atom. The van der Waals surface area contributed by atoms with Crippen LogP contribution in [0.25, 0.3) is 21.8 Å². The highest BCUT2D eigenvalue weighted by atomic mass is 16.7. The smallest absolute Gasteiger partial charge is 0.332 e. The normalized spacial score (nSPS) is 12.6. The average molecular weight is 504 g/mol. The topological polar surface area (TPSA) is 105 Å². The SMILES string of the molecule is CCn1c2ccc(C(=NOC(C)=O)c3ccc(OC(C)COC)cc3C)cc2c2cc([N+](=O)[O-])ccc21. The fourth-order valence-electron chi connectivity index (χ4n) is 4.54. The summed E-state index contributed by atoms with van der Waals surface area (Å²) in [6.45, 7) is 8.34. The number of hydrogen-bond donors (Lipinski definition) is 0. The first-order valence-corrected chi connectivity index (χ1v) is 12.0. The van der Waals surface area contributed by atoms with Gasteiger partial charge < -0.3 is 18.9 Å². The number of nitro groups is 1. The zero-order valence-corrected chi connectivity index (χ0v) is 21.5. The summed E-state index contributed by atoms with van der Waals surface area (Å²) in [5.74, 6) is 0.147. The Morgan fingerprint density at radius 2 is 1.78 bits per heavy atom. The maximum absolute atomic E-state index is 11.6. The molecule has 192 valence electrons. The highest BCUT2D eigenvalue weighted by Crippen LogP contribution is 2.33. The van der Waals surface area contributed by atoms with E-state index in [2.05, 4.69) is 9.72 Å². The number of carbonyl (C=O) groups excluding carboxylic acids is 1. The van der Waals surface area contributed by atoms with Crippen molar-refractivity contribution in [2.45, 2.75) is 40.3 Å². The van der Waals surface area contributed by atoms with E-state index < -0.39 is 10.9 Å². The van der Waals surface area contributed by atoms with Gasteiger partial charge in [0, 0.05) is 65.6 Å². The van der Waals surface area contributed by atoms with Crippen molar-refractivity contribution in [3.8, 4) is 5.75 Å². The molecule has 0 aliphatic heterocycles. The van der Waals surface area contributed by atoms with E-state index in [1.165, 1.54) is 13.0 Å². The van der Waals surface area contributed by atoms with Gasteiger partial charge >= 0.3 is 5.97 Å². The van der Waals surface area contributed by atoms with Crippen LogP contribution in [0, 0.1) is 17.0 Å². The van der Waals surface area contributed by atoms with Gasteiger partial charge in [-0.1, -0.05) is 11.2 Å². The van der Waals surface area contributed by atoms with Gasteiger partial charge in [-0.3, -0.25) is 10.1 Å². The van der Waals surface area contributed by atoms with Gasteiger partial charge in [0.05, 0.1) is 11.5 Å². The molecule has 1 heterocycles. The Bertz CT molecular complexity index is 1520. The molecule has 0 fully saturated rings. The van der Waals surface area contributed by atoms with Crippen LogP contribution in [0.2, 0.25) is 0 Å². The molecule has 4 rings (SSSR count). The molecule has 0 aliphatic carbocycles. The molecular formula is C28H29N3O6. The number of aryl methyl sites for hydroxylation is 2. The van der Waals surface area contributed by atoms with Crippen LogP contribution in [0.15, 0.2) is 59.8 Å². The Labute approximate surface area is 214 Å². The number of fused-ring (bicyclic) bond motifs is 3. The van der Waals surface area contributed by atoms with E-state index in [-0.39, 0.29) is 11.8 Å². The molecule has 0 radical (unpaired) electrons. The summed E-state index contributed by atoms with van der Waals surface area (Å²) in [6.07, 6.45) is -0.119. The fraction of sp³-hybridized carbons (Fsp3) is 0.286. The van der Waals surface area contributed by atoms with Crippen molar-refractivity contribution in [1.29, 1.82) is 0 Å². The number of nitrogens with zero attached hydrogens (tertiary/aromatic N) is 3. The third kappa shape index (κ3) is 5.31. The van der Waals surface area contributed by atoms with E-state index in [4.69, 9.17) is 14.3 Å². The number of aromatic nitrogens is 1. The van der Waals surface area contributed by atoms with Crippen LogP contribution < -0.4 is 4.74 Å².